The lowest BCUT2D eigenvalue weighted by atomic mass is 9.73. The third-order valence-corrected chi connectivity index (χ3v) is 12.4. The third-order valence-electron chi connectivity index (χ3n) is 12.4. The standard InChI is InChI=1S/C60H51N/c1-5-43(3)33-34-49-42-60(56-32-19-18-31-54(56)59-55-39-44(4)21-10-7-15-27-47(55)35-38-57(59)60)58-41-52(36-37-53(49)58)61(50(6-2)29-17-16-24-45-22-11-8-12-23-45)51-30-20-28-48(40-51)46-25-13-9-14-26-46/h5-23,25-26,28-38,40-42H,2,4,24,27,39H2,1,3H3/b15-7-,17-16-,21-10-,34-33-,43-5-,50-29+. The van der Waals surface area contributed by atoms with Crippen LogP contribution in [-0.2, 0) is 24.7 Å². The zero-order valence-corrected chi connectivity index (χ0v) is 35.2. The van der Waals surface area contributed by atoms with Crippen LogP contribution in [0.4, 0.5) is 11.4 Å². The molecule has 6 aromatic carbocycles. The van der Waals surface area contributed by atoms with E-state index in [1.54, 1.807) is 0 Å². The van der Waals surface area contributed by atoms with Gasteiger partial charge in [-0.15, -0.1) is 0 Å². The summed E-state index contributed by atoms with van der Waals surface area (Å²) in [5, 5.41) is 0. The van der Waals surface area contributed by atoms with E-state index >= 15 is 0 Å². The molecule has 1 heteroatoms. The van der Waals surface area contributed by atoms with Gasteiger partial charge in [0.2, 0.25) is 0 Å². The summed E-state index contributed by atoms with van der Waals surface area (Å²) in [5.41, 5.74) is 20.4. The number of fused-ring (bicyclic) bond motifs is 9. The summed E-state index contributed by atoms with van der Waals surface area (Å²) < 4.78 is 0. The largest absolute Gasteiger partial charge is 0.310 e. The van der Waals surface area contributed by atoms with Crippen molar-refractivity contribution in [3.8, 4) is 22.3 Å². The molecule has 0 amide bonds. The second-order valence-electron chi connectivity index (χ2n) is 16.2. The molecule has 1 unspecified atom stereocenters. The van der Waals surface area contributed by atoms with Gasteiger partial charge in [0.25, 0.3) is 0 Å². The highest BCUT2D eigenvalue weighted by Gasteiger charge is 2.48. The van der Waals surface area contributed by atoms with E-state index in [2.05, 4.69) is 238 Å². The molecule has 3 aliphatic carbocycles. The van der Waals surface area contributed by atoms with E-state index in [-0.39, 0.29) is 0 Å². The highest BCUT2D eigenvalue weighted by atomic mass is 15.1. The number of allylic oxidation sites excluding steroid dienone is 15. The predicted molar refractivity (Wildman–Crippen MR) is 261 cm³/mol. The monoisotopic (exact) mass is 785 g/mol. The lowest BCUT2D eigenvalue weighted by molar-refractivity contribution is 0.819. The average molecular weight is 786 g/mol. The van der Waals surface area contributed by atoms with E-state index in [0.29, 0.717) is 0 Å². The minimum atomic E-state index is -0.507. The van der Waals surface area contributed by atoms with E-state index in [9.17, 15) is 0 Å². The first-order chi connectivity index (χ1) is 30.0. The lowest BCUT2D eigenvalue weighted by Gasteiger charge is -2.31. The molecule has 1 nitrogen and oxygen atoms in total. The molecule has 1 atom stereocenters. The minimum Gasteiger partial charge on any atom is -0.310 e. The number of hydrogen-bond acceptors (Lipinski definition) is 1. The van der Waals surface area contributed by atoms with Gasteiger partial charge >= 0.3 is 0 Å². The number of rotatable bonds is 10. The molecular formula is C60H51N. The molecule has 0 radical (unpaired) electrons. The van der Waals surface area contributed by atoms with Gasteiger partial charge in [-0.05, 0) is 136 Å². The van der Waals surface area contributed by atoms with Gasteiger partial charge < -0.3 is 4.90 Å². The second-order valence-corrected chi connectivity index (χ2v) is 16.2. The predicted octanol–water partition coefficient (Wildman–Crippen LogP) is 15.4. The molecule has 6 aromatic rings. The van der Waals surface area contributed by atoms with Crippen LogP contribution in [0.25, 0.3) is 27.8 Å². The molecule has 3 aliphatic rings. The highest BCUT2D eigenvalue weighted by molar-refractivity contribution is 5.96. The Morgan fingerprint density at radius 3 is 2.33 bits per heavy atom. The molecule has 9 rings (SSSR count). The molecule has 0 aliphatic heterocycles. The zero-order valence-electron chi connectivity index (χ0n) is 35.2. The number of nitrogens with zero attached hydrogens (tertiary/aromatic N) is 1. The van der Waals surface area contributed by atoms with Crippen molar-refractivity contribution in [2.45, 2.75) is 38.5 Å². The molecule has 0 saturated carbocycles. The fourth-order valence-corrected chi connectivity index (χ4v) is 9.32. The summed E-state index contributed by atoms with van der Waals surface area (Å²) >= 11 is 0. The van der Waals surface area contributed by atoms with E-state index in [1.807, 2.05) is 6.08 Å². The van der Waals surface area contributed by atoms with Gasteiger partial charge in [0.15, 0.2) is 0 Å². The topological polar surface area (TPSA) is 3.24 Å². The first-order valence-corrected chi connectivity index (χ1v) is 21.4. The van der Waals surface area contributed by atoms with Crippen LogP contribution in [0.5, 0.6) is 0 Å². The van der Waals surface area contributed by atoms with Gasteiger partial charge in [0.05, 0.1) is 5.41 Å². The van der Waals surface area contributed by atoms with Crippen LogP contribution >= 0.6 is 0 Å². The number of benzene rings is 6. The smallest absolute Gasteiger partial charge is 0.0659 e. The first kappa shape index (κ1) is 39.3. The van der Waals surface area contributed by atoms with E-state index in [4.69, 9.17) is 0 Å². The fourth-order valence-electron chi connectivity index (χ4n) is 9.32. The summed E-state index contributed by atoms with van der Waals surface area (Å²) in [6, 6.07) is 51.1. The van der Waals surface area contributed by atoms with Gasteiger partial charge in [-0.1, -0.05) is 200 Å². The number of anilines is 2. The van der Waals surface area contributed by atoms with Crippen molar-refractivity contribution in [3.63, 3.8) is 0 Å². The maximum Gasteiger partial charge on any atom is 0.0659 e. The van der Waals surface area contributed by atoms with Crippen LogP contribution in [0.15, 0.2) is 242 Å². The Morgan fingerprint density at radius 1 is 0.738 bits per heavy atom. The van der Waals surface area contributed by atoms with Gasteiger partial charge in [0, 0.05) is 17.1 Å². The molecule has 0 aromatic heterocycles. The Morgan fingerprint density at radius 2 is 1.51 bits per heavy atom. The summed E-state index contributed by atoms with van der Waals surface area (Å²) in [4.78, 5) is 2.37. The Bertz CT molecular complexity index is 2870. The first-order valence-electron chi connectivity index (χ1n) is 21.4. The molecule has 0 heterocycles. The Hall–Kier alpha value is -7.22. The zero-order chi connectivity index (χ0) is 41.8. The van der Waals surface area contributed by atoms with Crippen LogP contribution < -0.4 is 4.90 Å². The molecule has 0 bridgehead atoms. The van der Waals surface area contributed by atoms with Gasteiger partial charge in [0.1, 0.15) is 0 Å². The molecular weight excluding hydrogens is 735 g/mol. The van der Waals surface area contributed by atoms with Crippen LogP contribution in [0.1, 0.15) is 52.8 Å². The summed E-state index contributed by atoms with van der Waals surface area (Å²) in [7, 11) is 0. The highest BCUT2D eigenvalue weighted by Crippen LogP contribution is 2.60. The van der Waals surface area contributed by atoms with Crippen molar-refractivity contribution in [3.05, 3.63) is 281 Å². The molecule has 0 N–H and O–H groups in total. The van der Waals surface area contributed by atoms with Crippen LogP contribution in [0.3, 0.4) is 0 Å². The van der Waals surface area contributed by atoms with Crippen LogP contribution in [0, 0.1) is 0 Å². The average Bonchev–Trinajstić information content (AvgIpc) is 3.81. The van der Waals surface area contributed by atoms with Crippen molar-refractivity contribution >= 4 is 16.9 Å². The summed E-state index contributed by atoms with van der Waals surface area (Å²) in [6.07, 6.45) is 29.1. The van der Waals surface area contributed by atoms with Crippen LogP contribution in [-0.4, -0.2) is 0 Å². The van der Waals surface area contributed by atoms with E-state index in [1.165, 1.54) is 66.8 Å². The van der Waals surface area contributed by atoms with Crippen molar-refractivity contribution in [2.24, 2.45) is 0 Å². The maximum absolute atomic E-state index is 4.50. The molecule has 0 saturated heterocycles. The molecule has 61 heavy (non-hydrogen) atoms. The van der Waals surface area contributed by atoms with E-state index in [0.717, 1.165) is 47.5 Å². The SMILES string of the molecule is C=C/C(=C\C=C/Cc1ccccc1)N(c1cccc(-c2ccccc2)c1)c1ccc2c(c1)C1(C=C2/C=C\C(C)=C/C)c2ccccc2-c2c1ccc1c2CC(=C)/C=C\C=C/C1. The van der Waals surface area contributed by atoms with Crippen molar-refractivity contribution < 1.29 is 0 Å². The lowest BCUT2D eigenvalue weighted by Crippen LogP contribution is -2.23. The van der Waals surface area contributed by atoms with Gasteiger partial charge in [-0.3, -0.25) is 0 Å². The van der Waals surface area contributed by atoms with Gasteiger partial charge in [-0.25, -0.2) is 0 Å². The fraction of sp³-hybridized carbons (Fsp3) is 0.100. The molecule has 0 fully saturated rings. The molecule has 296 valence electrons. The maximum atomic E-state index is 4.50. The normalized spacial score (nSPS) is 17.9. The Kier molecular flexibility index (Phi) is 11.0. The third kappa shape index (κ3) is 7.49. The Labute approximate surface area is 362 Å². The Balaban J connectivity index is 1.26. The number of hydrogen-bond donors (Lipinski definition) is 0. The van der Waals surface area contributed by atoms with Crippen molar-refractivity contribution in [1.82, 2.24) is 0 Å². The second kappa shape index (κ2) is 17.2. The van der Waals surface area contributed by atoms with E-state index < -0.39 is 5.41 Å². The van der Waals surface area contributed by atoms with Crippen molar-refractivity contribution in [1.29, 1.82) is 0 Å². The summed E-state index contributed by atoms with van der Waals surface area (Å²) in [5.74, 6) is 0. The van der Waals surface area contributed by atoms with Crippen molar-refractivity contribution in [2.75, 3.05) is 4.90 Å². The minimum absolute atomic E-state index is 0.507. The summed E-state index contributed by atoms with van der Waals surface area (Å²) in [6.45, 7) is 13.2. The van der Waals surface area contributed by atoms with Gasteiger partial charge in [-0.2, -0.15) is 0 Å². The quantitative estimate of drug-likeness (QED) is 0.125. The van der Waals surface area contributed by atoms with Crippen LogP contribution in [0.2, 0.25) is 0 Å². The molecule has 1 spiro atoms.